The Bertz CT molecular complexity index is 1580. The predicted molar refractivity (Wildman–Crippen MR) is 157 cm³/mol. The van der Waals surface area contributed by atoms with Crippen LogP contribution in [0.2, 0.25) is 0 Å². The maximum Gasteiger partial charge on any atom is 0.413 e. The van der Waals surface area contributed by atoms with Gasteiger partial charge in [-0.1, -0.05) is 6.92 Å². The zero-order valence-corrected chi connectivity index (χ0v) is 26.6. The number of nitrogens with zero attached hydrogens (tertiary/aromatic N) is 3. The largest absolute Gasteiger partial charge is 0.497 e. The van der Waals surface area contributed by atoms with Crippen LogP contribution in [0.25, 0.3) is 0 Å². The summed E-state index contributed by atoms with van der Waals surface area (Å²) in [6.45, 7) is 8.32. The summed E-state index contributed by atoms with van der Waals surface area (Å²) in [6.07, 6.45) is 0.483. The van der Waals surface area contributed by atoms with Crippen LogP contribution in [-0.4, -0.2) is 57.0 Å². The number of hydrogen-bond acceptors (Lipinski definition) is 9. The van der Waals surface area contributed by atoms with Crippen LogP contribution >= 0.6 is 11.3 Å². The van der Waals surface area contributed by atoms with E-state index in [0.717, 1.165) is 21.7 Å². The average Bonchev–Trinajstić information content (AvgIpc) is 3.59. The molecule has 1 fully saturated rings. The Labute approximate surface area is 254 Å². The Morgan fingerprint density at radius 1 is 1.16 bits per heavy atom. The van der Waals surface area contributed by atoms with Crippen LogP contribution in [0.15, 0.2) is 40.7 Å². The van der Waals surface area contributed by atoms with Crippen molar-refractivity contribution in [1.82, 2.24) is 9.88 Å². The maximum absolute atomic E-state index is 16.0. The van der Waals surface area contributed by atoms with Crippen molar-refractivity contribution in [3.8, 4) is 17.2 Å². The molecule has 1 saturated heterocycles. The van der Waals surface area contributed by atoms with Gasteiger partial charge >= 0.3 is 6.09 Å². The number of methoxy groups -OCH3 is 2. The van der Waals surface area contributed by atoms with Crippen LogP contribution in [-0.2, 0) is 21.3 Å². The molecule has 2 atom stereocenters. The highest BCUT2D eigenvalue weighted by Crippen LogP contribution is 2.38. The number of rotatable bonds is 9. The second-order valence-corrected chi connectivity index (χ2v) is 13.7. The summed E-state index contributed by atoms with van der Waals surface area (Å²) >= 11 is 0.991. The van der Waals surface area contributed by atoms with Gasteiger partial charge in [0.2, 0.25) is 0 Å². The summed E-state index contributed by atoms with van der Waals surface area (Å²) in [7, 11) is -1.95. The monoisotopic (exact) mass is 639 g/mol. The minimum Gasteiger partial charge on any atom is -0.497 e. The highest BCUT2D eigenvalue weighted by atomic mass is 32.2. The van der Waals surface area contributed by atoms with Gasteiger partial charge in [0, 0.05) is 47.3 Å². The Morgan fingerprint density at radius 2 is 1.88 bits per heavy atom. The number of benzene rings is 2. The molecule has 3 aromatic rings. The summed E-state index contributed by atoms with van der Waals surface area (Å²) < 4.78 is 82.5. The van der Waals surface area contributed by atoms with Crippen molar-refractivity contribution in [3.05, 3.63) is 58.6 Å². The smallest absolute Gasteiger partial charge is 0.413 e. The molecule has 2 heterocycles. The molecule has 0 bridgehead atoms. The first-order valence-electron chi connectivity index (χ1n) is 13.5. The van der Waals surface area contributed by atoms with Gasteiger partial charge in [0.15, 0.2) is 22.1 Å². The van der Waals surface area contributed by atoms with Gasteiger partial charge in [-0.25, -0.2) is 31.3 Å². The molecule has 234 valence electrons. The number of sulfonamides is 1. The summed E-state index contributed by atoms with van der Waals surface area (Å²) in [5.74, 6) is -2.27. The van der Waals surface area contributed by atoms with Crippen molar-refractivity contribution in [2.75, 3.05) is 25.1 Å². The topological polar surface area (TPSA) is 108 Å². The molecule has 0 aliphatic carbocycles. The van der Waals surface area contributed by atoms with E-state index in [2.05, 4.69) is 4.98 Å². The van der Waals surface area contributed by atoms with Crippen LogP contribution in [0.3, 0.4) is 0 Å². The molecule has 0 spiro atoms. The third-order valence-corrected chi connectivity index (χ3v) is 9.54. The molecule has 1 aliphatic heterocycles. The second-order valence-electron chi connectivity index (χ2n) is 11.1. The van der Waals surface area contributed by atoms with Gasteiger partial charge in [0.25, 0.3) is 10.0 Å². The van der Waals surface area contributed by atoms with E-state index in [1.165, 1.54) is 32.2 Å². The molecule has 2 aromatic carbocycles. The zero-order chi connectivity index (χ0) is 31.7. The summed E-state index contributed by atoms with van der Waals surface area (Å²) in [5.41, 5.74) is -0.571. The lowest BCUT2D eigenvalue weighted by Gasteiger charge is -2.30. The van der Waals surface area contributed by atoms with Crippen molar-refractivity contribution in [1.29, 1.82) is 0 Å². The first kappa shape index (κ1) is 32.3. The van der Waals surface area contributed by atoms with Crippen LogP contribution in [0.5, 0.6) is 17.2 Å². The van der Waals surface area contributed by atoms with Crippen molar-refractivity contribution >= 4 is 32.6 Å². The van der Waals surface area contributed by atoms with Crippen molar-refractivity contribution in [2.45, 2.75) is 64.3 Å². The summed E-state index contributed by atoms with van der Waals surface area (Å²) in [4.78, 5) is 17.1. The van der Waals surface area contributed by atoms with E-state index in [0.29, 0.717) is 30.0 Å². The fraction of sp³-hybridized carbons (Fsp3) is 0.448. The number of aromatic nitrogens is 1. The molecular weight excluding hydrogens is 604 g/mol. The Morgan fingerprint density at radius 3 is 2.49 bits per heavy atom. The van der Waals surface area contributed by atoms with Gasteiger partial charge in [0.1, 0.15) is 28.7 Å². The fourth-order valence-corrected chi connectivity index (χ4v) is 7.06. The number of likely N-dealkylation sites (tertiary alicyclic amines) is 1. The van der Waals surface area contributed by atoms with E-state index in [9.17, 15) is 13.2 Å². The van der Waals surface area contributed by atoms with Gasteiger partial charge in [-0.05, 0) is 46.2 Å². The molecule has 1 amide bonds. The number of anilines is 1. The molecule has 0 saturated carbocycles. The average molecular weight is 640 g/mol. The number of halogens is 2. The quantitative estimate of drug-likeness (QED) is 0.276. The van der Waals surface area contributed by atoms with Crippen LogP contribution in [0, 0.1) is 24.5 Å². The Balaban J connectivity index is 1.71. The van der Waals surface area contributed by atoms with E-state index >= 15 is 8.78 Å². The maximum atomic E-state index is 16.0. The van der Waals surface area contributed by atoms with Crippen molar-refractivity contribution in [3.63, 3.8) is 0 Å². The van der Waals surface area contributed by atoms with E-state index < -0.39 is 44.5 Å². The lowest BCUT2D eigenvalue weighted by atomic mass is 10.1. The molecule has 2 unspecified atom stereocenters. The second kappa shape index (κ2) is 12.5. The van der Waals surface area contributed by atoms with Crippen LogP contribution in [0.1, 0.15) is 45.2 Å². The minimum absolute atomic E-state index is 0.00225. The van der Waals surface area contributed by atoms with Gasteiger partial charge in [0.05, 0.1) is 20.8 Å². The first-order chi connectivity index (χ1) is 20.2. The third kappa shape index (κ3) is 6.80. The van der Waals surface area contributed by atoms with E-state index in [-0.39, 0.29) is 28.9 Å². The van der Waals surface area contributed by atoms with E-state index in [1.54, 1.807) is 44.4 Å². The lowest BCUT2D eigenvalue weighted by molar-refractivity contribution is -0.0138. The van der Waals surface area contributed by atoms with Crippen molar-refractivity contribution in [2.24, 2.45) is 5.92 Å². The molecule has 1 aliphatic rings. The first-order valence-corrected chi connectivity index (χ1v) is 15.8. The normalized spacial score (nSPS) is 17.1. The fourth-order valence-electron chi connectivity index (χ4n) is 4.62. The molecule has 0 N–H and O–H groups in total. The molecular formula is C29H35F2N3O7S2. The Kier molecular flexibility index (Phi) is 9.40. The molecule has 0 radical (unpaired) electrons. The highest BCUT2D eigenvalue weighted by molar-refractivity contribution is 7.93. The zero-order valence-electron chi connectivity index (χ0n) is 25.0. The third-order valence-electron chi connectivity index (χ3n) is 6.86. The molecule has 43 heavy (non-hydrogen) atoms. The molecule has 1 aromatic heterocycles. The Hall–Kier alpha value is -3.65. The number of carbonyl (C=O) groups is 1. The minimum atomic E-state index is -4.84. The number of ether oxygens (including phenoxy) is 4. The number of carbonyl (C=O) groups excluding carboxylic acids is 1. The standard InChI is InChI=1S/C29H35F2N3O7S2/c1-17-10-12-33(28(35)41-29(3,4)5)26(17)40-22-15-21(30)25(24(31)18(22)2)43(36,37)34(27-32-11-13-42-27)16-19-8-9-20(38-6)14-23(19)39-7/h8-9,11,13-15,17,26H,10,12,16H2,1-7H3. The van der Waals surface area contributed by atoms with E-state index in [4.69, 9.17) is 18.9 Å². The number of hydrogen-bond donors (Lipinski definition) is 0. The highest BCUT2D eigenvalue weighted by Gasteiger charge is 2.40. The predicted octanol–water partition coefficient (Wildman–Crippen LogP) is 6.12. The van der Waals surface area contributed by atoms with Gasteiger partial charge < -0.3 is 18.9 Å². The van der Waals surface area contributed by atoms with Gasteiger partial charge in [-0.2, -0.15) is 0 Å². The SMILES string of the molecule is COc1ccc(CN(c2nccs2)S(=O)(=O)c2c(F)cc(OC3C(C)CCN3C(=O)OC(C)(C)C)c(C)c2F)c(OC)c1. The molecule has 10 nitrogen and oxygen atoms in total. The number of thiazole rings is 1. The summed E-state index contributed by atoms with van der Waals surface area (Å²) in [6, 6.07) is 5.62. The lowest BCUT2D eigenvalue weighted by Crippen LogP contribution is -2.44. The van der Waals surface area contributed by atoms with Gasteiger partial charge in [-0.15, -0.1) is 11.3 Å². The van der Waals surface area contributed by atoms with Crippen molar-refractivity contribution < 1.29 is 40.9 Å². The molecule has 4 rings (SSSR count). The van der Waals surface area contributed by atoms with Crippen LogP contribution in [0.4, 0.5) is 18.7 Å². The van der Waals surface area contributed by atoms with E-state index in [1.807, 2.05) is 6.92 Å². The van der Waals surface area contributed by atoms with Crippen LogP contribution < -0.4 is 18.5 Å². The van der Waals surface area contributed by atoms with Gasteiger partial charge in [-0.3, -0.25) is 4.90 Å². The number of amides is 1. The summed E-state index contributed by atoms with van der Waals surface area (Å²) in [5, 5.41) is 1.56. The molecule has 14 heteroatoms.